The topological polar surface area (TPSA) is 42.2 Å². The first-order chi connectivity index (χ1) is 10.2. The van der Waals surface area contributed by atoms with E-state index in [2.05, 4.69) is 27.7 Å². The summed E-state index contributed by atoms with van der Waals surface area (Å²) in [5, 5.41) is 8.41. The summed E-state index contributed by atoms with van der Waals surface area (Å²) >= 11 is 0. The third-order valence-electron chi connectivity index (χ3n) is 4.61. The summed E-state index contributed by atoms with van der Waals surface area (Å²) in [6.45, 7) is 10.1. The van der Waals surface area contributed by atoms with E-state index in [0.717, 1.165) is 0 Å². The van der Waals surface area contributed by atoms with Gasteiger partial charge in [-0.25, -0.2) is 4.39 Å². The summed E-state index contributed by atoms with van der Waals surface area (Å²) in [6.07, 6.45) is 2.55. The van der Waals surface area contributed by atoms with Crippen LogP contribution in [0.15, 0.2) is 18.2 Å². The van der Waals surface area contributed by atoms with E-state index >= 15 is 0 Å². The van der Waals surface area contributed by atoms with Gasteiger partial charge in [0.05, 0.1) is 16.8 Å². The molecule has 118 valence electrons. The SMILES string of the molecule is CC1(C)OB(C2CC2)OC1(C)C.Cc1cccc(F)c1C#N. The Hall–Kier alpha value is -1.38. The van der Waals surface area contributed by atoms with E-state index in [9.17, 15) is 4.39 Å². The number of nitrogens with zero attached hydrogens (tertiary/aromatic N) is 1. The van der Waals surface area contributed by atoms with Gasteiger partial charge in [-0.15, -0.1) is 0 Å². The molecular weight excluding hydrogens is 280 g/mol. The van der Waals surface area contributed by atoms with Gasteiger partial charge < -0.3 is 9.31 Å². The summed E-state index contributed by atoms with van der Waals surface area (Å²) in [7, 11) is 0.0648. The third kappa shape index (κ3) is 3.51. The molecule has 1 aromatic carbocycles. The molecule has 0 radical (unpaired) electrons. The van der Waals surface area contributed by atoms with Crippen molar-refractivity contribution in [3.8, 4) is 6.07 Å². The molecule has 0 amide bonds. The Morgan fingerprint density at radius 1 is 1.18 bits per heavy atom. The largest absolute Gasteiger partial charge is 0.461 e. The van der Waals surface area contributed by atoms with Crippen molar-refractivity contribution in [2.45, 2.75) is 64.5 Å². The van der Waals surface area contributed by atoms with Crippen LogP contribution in [0.5, 0.6) is 0 Å². The molecule has 0 spiro atoms. The van der Waals surface area contributed by atoms with E-state index in [4.69, 9.17) is 14.6 Å². The molecule has 5 heteroatoms. The summed E-state index contributed by atoms with van der Waals surface area (Å²) in [5.74, 6) is 0.230. The number of halogens is 1. The van der Waals surface area contributed by atoms with Gasteiger partial charge in [0, 0.05) is 0 Å². The first-order valence-electron chi connectivity index (χ1n) is 7.69. The zero-order valence-corrected chi connectivity index (χ0v) is 13.9. The standard InChI is InChI=1S/C9H17BO2.C8H6FN/c1-8(2)9(3,4)12-10(11-8)7-5-6-7;1-6-3-2-4-8(9)7(6)5-10/h7H,5-6H2,1-4H3;2-4H,1H3. The fraction of sp³-hybridized carbons (Fsp3) is 0.588. The van der Waals surface area contributed by atoms with Gasteiger partial charge in [-0.1, -0.05) is 25.0 Å². The van der Waals surface area contributed by atoms with Crippen molar-refractivity contribution < 1.29 is 13.7 Å². The van der Waals surface area contributed by atoms with Crippen LogP contribution in [0.3, 0.4) is 0 Å². The number of benzene rings is 1. The van der Waals surface area contributed by atoms with Crippen LogP contribution < -0.4 is 0 Å². The summed E-state index contributed by atoms with van der Waals surface area (Å²) < 4.78 is 24.4. The second kappa shape index (κ2) is 6.02. The molecule has 3 nitrogen and oxygen atoms in total. The lowest BCUT2D eigenvalue weighted by Gasteiger charge is -2.32. The molecule has 1 heterocycles. The van der Waals surface area contributed by atoms with Gasteiger partial charge in [0.2, 0.25) is 0 Å². The average Bonchev–Trinajstić information content (AvgIpc) is 3.19. The highest BCUT2D eigenvalue weighted by Crippen LogP contribution is 2.48. The maximum absolute atomic E-state index is 12.6. The second-order valence-electron chi connectivity index (χ2n) is 7.01. The number of nitriles is 1. The Balaban J connectivity index is 0.000000164. The van der Waals surface area contributed by atoms with Gasteiger partial charge in [0.25, 0.3) is 0 Å². The van der Waals surface area contributed by atoms with Gasteiger partial charge in [-0.3, -0.25) is 0 Å². The van der Waals surface area contributed by atoms with Crippen LogP contribution in [0, 0.1) is 24.1 Å². The van der Waals surface area contributed by atoms with E-state index in [-0.39, 0.29) is 23.9 Å². The van der Waals surface area contributed by atoms with Gasteiger partial charge in [-0.2, -0.15) is 5.26 Å². The van der Waals surface area contributed by atoms with Crippen LogP contribution in [0.4, 0.5) is 4.39 Å². The van der Waals surface area contributed by atoms with E-state index in [1.165, 1.54) is 18.9 Å². The van der Waals surface area contributed by atoms with Crippen LogP contribution in [0.1, 0.15) is 51.7 Å². The molecule has 0 atom stereocenters. The lowest BCUT2D eigenvalue weighted by atomic mass is 9.82. The van der Waals surface area contributed by atoms with E-state index in [1.807, 2.05) is 0 Å². The minimum absolute atomic E-state index is 0.0648. The molecule has 2 fully saturated rings. The van der Waals surface area contributed by atoms with Gasteiger partial charge in [0.15, 0.2) is 0 Å². The molecule has 0 aromatic heterocycles. The van der Waals surface area contributed by atoms with Crippen molar-refractivity contribution in [3.05, 3.63) is 35.1 Å². The molecule has 1 aromatic rings. The summed E-state index contributed by atoms with van der Waals surface area (Å²) in [6, 6.07) is 6.37. The molecule has 1 aliphatic heterocycles. The van der Waals surface area contributed by atoms with Crippen LogP contribution in [-0.2, 0) is 9.31 Å². The predicted octanol–water partition coefficient (Wildman–Crippen LogP) is 4.25. The third-order valence-corrected chi connectivity index (χ3v) is 4.61. The molecule has 2 aliphatic rings. The number of hydrogen-bond donors (Lipinski definition) is 0. The molecule has 3 rings (SSSR count). The van der Waals surface area contributed by atoms with Gasteiger partial charge in [0.1, 0.15) is 11.9 Å². The maximum Gasteiger partial charge on any atom is 0.461 e. The Bertz CT molecular complexity index is 555. The highest BCUT2D eigenvalue weighted by molar-refractivity contribution is 6.48. The predicted molar refractivity (Wildman–Crippen MR) is 84.9 cm³/mol. The molecule has 0 N–H and O–H groups in total. The first kappa shape index (κ1) is 17.0. The van der Waals surface area contributed by atoms with Crippen molar-refractivity contribution in [1.29, 1.82) is 5.26 Å². The van der Waals surface area contributed by atoms with Gasteiger partial charge in [-0.05, 0) is 52.1 Å². The number of rotatable bonds is 1. The van der Waals surface area contributed by atoms with Crippen molar-refractivity contribution >= 4 is 7.12 Å². The summed E-state index contributed by atoms with van der Waals surface area (Å²) in [4.78, 5) is 0. The van der Waals surface area contributed by atoms with Crippen molar-refractivity contribution in [3.63, 3.8) is 0 Å². The van der Waals surface area contributed by atoms with E-state index in [0.29, 0.717) is 11.4 Å². The molecular formula is C17H23BFNO2. The molecule has 0 unspecified atom stereocenters. The normalized spacial score (nSPS) is 21.8. The van der Waals surface area contributed by atoms with Crippen LogP contribution in [0.25, 0.3) is 0 Å². The Morgan fingerprint density at radius 3 is 2.09 bits per heavy atom. The molecule has 1 saturated carbocycles. The lowest BCUT2D eigenvalue weighted by Crippen LogP contribution is -2.41. The lowest BCUT2D eigenvalue weighted by molar-refractivity contribution is 0.00578. The zero-order valence-electron chi connectivity index (χ0n) is 13.9. The fourth-order valence-corrected chi connectivity index (χ4v) is 2.22. The first-order valence-corrected chi connectivity index (χ1v) is 7.69. The second-order valence-corrected chi connectivity index (χ2v) is 7.01. The summed E-state index contributed by atoms with van der Waals surface area (Å²) in [5.41, 5.74) is 0.547. The Labute approximate surface area is 132 Å². The van der Waals surface area contributed by atoms with Crippen molar-refractivity contribution in [2.75, 3.05) is 0 Å². The monoisotopic (exact) mass is 303 g/mol. The van der Waals surface area contributed by atoms with Crippen LogP contribution in [-0.4, -0.2) is 18.3 Å². The minimum atomic E-state index is -0.442. The Morgan fingerprint density at radius 2 is 1.73 bits per heavy atom. The van der Waals surface area contributed by atoms with Crippen molar-refractivity contribution in [2.24, 2.45) is 0 Å². The van der Waals surface area contributed by atoms with Crippen LogP contribution >= 0.6 is 0 Å². The molecule has 22 heavy (non-hydrogen) atoms. The number of aryl methyl sites for hydroxylation is 1. The molecule has 1 aliphatic carbocycles. The smallest absolute Gasteiger partial charge is 0.403 e. The highest BCUT2D eigenvalue weighted by atomic mass is 19.1. The molecule has 0 bridgehead atoms. The zero-order chi connectivity index (χ0) is 16.5. The van der Waals surface area contributed by atoms with E-state index in [1.54, 1.807) is 25.1 Å². The van der Waals surface area contributed by atoms with Gasteiger partial charge >= 0.3 is 7.12 Å². The number of hydrogen-bond acceptors (Lipinski definition) is 3. The van der Waals surface area contributed by atoms with E-state index < -0.39 is 5.82 Å². The highest BCUT2D eigenvalue weighted by Gasteiger charge is 2.55. The Kier molecular flexibility index (Phi) is 4.65. The maximum atomic E-state index is 12.6. The van der Waals surface area contributed by atoms with Crippen molar-refractivity contribution in [1.82, 2.24) is 0 Å². The quantitative estimate of drug-likeness (QED) is 0.728. The minimum Gasteiger partial charge on any atom is -0.403 e. The van der Waals surface area contributed by atoms with Crippen LogP contribution in [0.2, 0.25) is 5.82 Å². The fourth-order valence-electron chi connectivity index (χ4n) is 2.22. The molecule has 1 saturated heterocycles. The average molecular weight is 303 g/mol.